The van der Waals surface area contributed by atoms with Gasteiger partial charge < -0.3 is 20.1 Å². The number of benzene rings is 1. The molecule has 6 nitrogen and oxygen atoms in total. The molecular formula is C12H13BrN2O4. The van der Waals surface area contributed by atoms with Gasteiger partial charge in [0.2, 0.25) is 0 Å². The smallest absolute Gasteiger partial charge is 0.328 e. The summed E-state index contributed by atoms with van der Waals surface area (Å²) in [7, 11) is 0. The number of rotatable bonds is 2. The van der Waals surface area contributed by atoms with Crippen molar-refractivity contribution in [3.05, 3.63) is 28.7 Å². The number of carbonyl (C=O) groups excluding carboxylic acids is 1. The fourth-order valence-electron chi connectivity index (χ4n) is 1.78. The topological polar surface area (TPSA) is 78.9 Å². The van der Waals surface area contributed by atoms with Crippen LogP contribution in [0.5, 0.6) is 0 Å². The van der Waals surface area contributed by atoms with E-state index >= 15 is 0 Å². The minimum Gasteiger partial charge on any atom is -0.480 e. The predicted octanol–water partition coefficient (Wildman–Crippen LogP) is 1.77. The van der Waals surface area contributed by atoms with Crippen LogP contribution in [-0.2, 0) is 9.53 Å². The van der Waals surface area contributed by atoms with E-state index in [-0.39, 0.29) is 13.2 Å². The first kappa shape index (κ1) is 13.8. The van der Waals surface area contributed by atoms with Gasteiger partial charge in [0.25, 0.3) is 0 Å². The van der Waals surface area contributed by atoms with Crippen molar-refractivity contribution in [3.63, 3.8) is 0 Å². The molecule has 2 amide bonds. The second-order valence-electron chi connectivity index (χ2n) is 4.06. The molecule has 1 saturated heterocycles. The summed E-state index contributed by atoms with van der Waals surface area (Å²) in [5.74, 6) is -1.06. The predicted molar refractivity (Wildman–Crippen MR) is 72.1 cm³/mol. The Morgan fingerprint density at radius 3 is 2.68 bits per heavy atom. The molecule has 0 bridgehead atoms. The van der Waals surface area contributed by atoms with Crippen molar-refractivity contribution in [2.24, 2.45) is 0 Å². The van der Waals surface area contributed by atoms with Gasteiger partial charge in [-0.3, -0.25) is 0 Å². The van der Waals surface area contributed by atoms with Crippen molar-refractivity contribution >= 4 is 33.6 Å². The molecular weight excluding hydrogens is 316 g/mol. The molecule has 7 heteroatoms. The molecule has 102 valence electrons. The average Bonchev–Trinajstić information content (AvgIpc) is 2.41. The standard InChI is InChI=1S/C12H13BrN2O4/c13-8-1-3-9(4-2-8)14-12(18)15-5-6-19-7-10(15)11(16)17/h1-4,10H,5-7H2,(H,14,18)(H,16,17). The number of carbonyl (C=O) groups is 2. The van der Waals surface area contributed by atoms with E-state index in [4.69, 9.17) is 9.84 Å². The molecule has 0 spiro atoms. The van der Waals surface area contributed by atoms with Crippen molar-refractivity contribution in [2.45, 2.75) is 6.04 Å². The minimum atomic E-state index is -1.06. The molecule has 1 heterocycles. The molecule has 19 heavy (non-hydrogen) atoms. The highest BCUT2D eigenvalue weighted by Gasteiger charge is 2.32. The number of nitrogens with one attached hydrogen (secondary N) is 1. The Labute approximate surface area is 118 Å². The maximum absolute atomic E-state index is 12.1. The molecule has 1 unspecified atom stereocenters. The number of anilines is 1. The summed E-state index contributed by atoms with van der Waals surface area (Å²) in [5, 5.41) is 11.7. The van der Waals surface area contributed by atoms with E-state index in [0.717, 1.165) is 4.47 Å². The number of halogens is 1. The summed E-state index contributed by atoms with van der Waals surface area (Å²) in [6.07, 6.45) is 0. The summed E-state index contributed by atoms with van der Waals surface area (Å²) in [6.45, 7) is 0.625. The summed E-state index contributed by atoms with van der Waals surface area (Å²) < 4.78 is 5.98. The zero-order valence-electron chi connectivity index (χ0n) is 10.0. The maximum Gasteiger partial charge on any atom is 0.328 e. The van der Waals surface area contributed by atoms with Crippen molar-refractivity contribution in [1.82, 2.24) is 4.90 Å². The number of hydrogen-bond donors (Lipinski definition) is 2. The Balaban J connectivity index is 2.05. The van der Waals surface area contributed by atoms with Crippen molar-refractivity contribution in [3.8, 4) is 0 Å². The van der Waals surface area contributed by atoms with Gasteiger partial charge in [0.05, 0.1) is 13.2 Å². The van der Waals surface area contributed by atoms with Gasteiger partial charge in [-0.15, -0.1) is 0 Å². The number of carboxylic acid groups (broad SMARTS) is 1. The zero-order valence-corrected chi connectivity index (χ0v) is 11.6. The second-order valence-corrected chi connectivity index (χ2v) is 4.98. The Kier molecular flexibility index (Phi) is 4.39. The highest BCUT2D eigenvalue weighted by atomic mass is 79.9. The number of hydrogen-bond acceptors (Lipinski definition) is 3. The molecule has 0 saturated carbocycles. The molecule has 1 atom stereocenters. The summed E-state index contributed by atoms with van der Waals surface area (Å²) in [5.41, 5.74) is 0.615. The molecule has 0 radical (unpaired) electrons. The molecule has 1 aliphatic heterocycles. The lowest BCUT2D eigenvalue weighted by molar-refractivity contribution is -0.147. The Morgan fingerprint density at radius 2 is 2.05 bits per heavy atom. The normalized spacial score (nSPS) is 19.0. The average molecular weight is 329 g/mol. The van der Waals surface area contributed by atoms with Crippen LogP contribution in [0.3, 0.4) is 0 Å². The van der Waals surface area contributed by atoms with Crippen LogP contribution in [-0.4, -0.2) is 47.8 Å². The van der Waals surface area contributed by atoms with Crippen LogP contribution in [0.1, 0.15) is 0 Å². The molecule has 1 fully saturated rings. The number of amides is 2. The third kappa shape index (κ3) is 3.45. The van der Waals surface area contributed by atoms with E-state index in [0.29, 0.717) is 12.3 Å². The third-order valence-corrected chi connectivity index (χ3v) is 3.30. The first-order chi connectivity index (χ1) is 9.08. The number of carboxylic acids is 1. The highest BCUT2D eigenvalue weighted by molar-refractivity contribution is 9.10. The lowest BCUT2D eigenvalue weighted by Gasteiger charge is -2.32. The van der Waals surface area contributed by atoms with Crippen LogP contribution in [0, 0.1) is 0 Å². The zero-order chi connectivity index (χ0) is 13.8. The molecule has 1 aliphatic rings. The molecule has 2 N–H and O–H groups in total. The summed E-state index contributed by atoms with van der Waals surface area (Å²) >= 11 is 3.30. The van der Waals surface area contributed by atoms with Crippen LogP contribution in [0.2, 0.25) is 0 Å². The second kappa shape index (κ2) is 6.03. The van der Waals surface area contributed by atoms with Gasteiger partial charge in [0.15, 0.2) is 6.04 Å². The van der Waals surface area contributed by atoms with Gasteiger partial charge in [-0.05, 0) is 24.3 Å². The van der Waals surface area contributed by atoms with E-state index in [1.807, 2.05) is 0 Å². The SMILES string of the molecule is O=C(O)C1COCCN1C(=O)Nc1ccc(Br)cc1. The van der Waals surface area contributed by atoms with E-state index in [2.05, 4.69) is 21.2 Å². The maximum atomic E-state index is 12.1. The van der Waals surface area contributed by atoms with Crippen LogP contribution < -0.4 is 5.32 Å². The fraction of sp³-hybridized carbons (Fsp3) is 0.333. The Hall–Kier alpha value is -1.60. The largest absolute Gasteiger partial charge is 0.480 e. The number of urea groups is 1. The quantitative estimate of drug-likeness (QED) is 0.867. The van der Waals surface area contributed by atoms with E-state index in [1.165, 1.54) is 4.90 Å². The van der Waals surface area contributed by atoms with E-state index in [1.54, 1.807) is 24.3 Å². The van der Waals surface area contributed by atoms with Gasteiger partial charge in [-0.25, -0.2) is 9.59 Å². The molecule has 0 aromatic heterocycles. The van der Waals surface area contributed by atoms with Gasteiger partial charge in [-0.1, -0.05) is 15.9 Å². The van der Waals surface area contributed by atoms with Crippen molar-refractivity contribution < 1.29 is 19.4 Å². The third-order valence-electron chi connectivity index (χ3n) is 2.77. The highest BCUT2D eigenvalue weighted by Crippen LogP contribution is 2.16. The Morgan fingerprint density at radius 1 is 1.37 bits per heavy atom. The number of aliphatic carboxylic acids is 1. The van der Waals surface area contributed by atoms with E-state index < -0.39 is 18.0 Å². The first-order valence-electron chi connectivity index (χ1n) is 5.71. The lowest BCUT2D eigenvalue weighted by atomic mass is 10.2. The first-order valence-corrected chi connectivity index (χ1v) is 6.51. The van der Waals surface area contributed by atoms with Crippen LogP contribution in [0.25, 0.3) is 0 Å². The minimum absolute atomic E-state index is 0.0170. The van der Waals surface area contributed by atoms with E-state index in [9.17, 15) is 9.59 Å². The monoisotopic (exact) mass is 328 g/mol. The van der Waals surface area contributed by atoms with Gasteiger partial charge >= 0.3 is 12.0 Å². The molecule has 1 aromatic rings. The molecule has 1 aromatic carbocycles. The van der Waals surface area contributed by atoms with Crippen LogP contribution >= 0.6 is 15.9 Å². The Bertz CT molecular complexity index is 477. The van der Waals surface area contributed by atoms with Gasteiger partial charge in [-0.2, -0.15) is 0 Å². The van der Waals surface area contributed by atoms with Gasteiger partial charge in [0, 0.05) is 16.7 Å². The van der Waals surface area contributed by atoms with Crippen LogP contribution in [0.15, 0.2) is 28.7 Å². The molecule has 0 aliphatic carbocycles. The van der Waals surface area contributed by atoms with Crippen molar-refractivity contribution in [1.29, 1.82) is 0 Å². The number of morpholine rings is 1. The summed E-state index contributed by atoms with van der Waals surface area (Å²) in [6, 6.07) is 5.69. The van der Waals surface area contributed by atoms with Crippen LogP contribution in [0.4, 0.5) is 10.5 Å². The number of ether oxygens (including phenoxy) is 1. The fourth-order valence-corrected chi connectivity index (χ4v) is 2.04. The lowest BCUT2D eigenvalue weighted by Crippen LogP contribution is -2.53. The summed E-state index contributed by atoms with van der Waals surface area (Å²) in [4.78, 5) is 24.4. The number of nitrogens with zero attached hydrogens (tertiary/aromatic N) is 1. The van der Waals surface area contributed by atoms with Gasteiger partial charge in [0.1, 0.15) is 0 Å². The van der Waals surface area contributed by atoms with Crippen molar-refractivity contribution in [2.75, 3.05) is 25.1 Å². The molecule has 2 rings (SSSR count).